The lowest BCUT2D eigenvalue weighted by atomic mass is 10.1. The van der Waals surface area contributed by atoms with Crippen molar-refractivity contribution in [2.24, 2.45) is 0 Å². The molecule has 0 aromatic heterocycles. The standard InChI is InChI=1S/C15H13BrClNO/c1-9-3-6-13(16)12(7-9)15(19)18-14-8-11(17)5-4-10(14)2/h3-8H,1-2H3,(H,18,19). The summed E-state index contributed by atoms with van der Waals surface area (Å²) >= 11 is 9.33. The second-order valence-corrected chi connectivity index (χ2v) is 5.69. The van der Waals surface area contributed by atoms with E-state index in [0.29, 0.717) is 10.6 Å². The number of hydrogen-bond donors (Lipinski definition) is 1. The topological polar surface area (TPSA) is 29.1 Å². The van der Waals surface area contributed by atoms with Gasteiger partial charge in [-0.2, -0.15) is 0 Å². The molecule has 0 spiro atoms. The fourth-order valence-corrected chi connectivity index (χ4v) is 2.33. The third-order valence-corrected chi connectivity index (χ3v) is 3.74. The highest BCUT2D eigenvalue weighted by atomic mass is 79.9. The van der Waals surface area contributed by atoms with E-state index in [9.17, 15) is 4.79 Å². The molecule has 0 unspecified atom stereocenters. The molecule has 0 heterocycles. The lowest BCUT2D eigenvalue weighted by Crippen LogP contribution is -2.13. The van der Waals surface area contributed by atoms with Crippen LogP contribution in [0.25, 0.3) is 0 Å². The summed E-state index contributed by atoms with van der Waals surface area (Å²) in [4.78, 5) is 12.3. The Balaban J connectivity index is 2.30. The van der Waals surface area contributed by atoms with Crippen molar-refractivity contribution in [1.29, 1.82) is 0 Å². The van der Waals surface area contributed by atoms with Crippen LogP contribution >= 0.6 is 27.5 Å². The third-order valence-electron chi connectivity index (χ3n) is 2.81. The van der Waals surface area contributed by atoms with Crippen molar-refractivity contribution in [3.05, 3.63) is 62.6 Å². The van der Waals surface area contributed by atoms with E-state index < -0.39 is 0 Å². The van der Waals surface area contributed by atoms with Gasteiger partial charge in [0.1, 0.15) is 0 Å². The third kappa shape index (κ3) is 3.37. The van der Waals surface area contributed by atoms with E-state index in [2.05, 4.69) is 21.2 Å². The molecule has 0 aliphatic heterocycles. The van der Waals surface area contributed by atoms with E-state index in [1.165, 1.54) is 0 Å². The number of nitrogens with one attached hydrogen (secondary N) is 1. The average Bonchev–Trinajstić information content (AvgIpc) is 2.36. The second kappa shape index (κ2) is 5.76. The molecule has 0 aliphatic carbocycles. The number of carbonyl (C=O) groups is 1. The molecule has 0 saturated carbocycles. The van der Waals surface area contributed by atoms with Gasteiger partial charge < -0.3 is 5.32 Å². The van der Waals surface area contributed by atoms with Crippen molar-refractivity contribution in [2.75, 3.05) is 5.32 Å². The number of carbonyl (C=O) groups excluding carboxylic acids is 1. The monoisotopic (exact) mass is 337 g/mol. The van der Waals surface area contributed by atoms with Crippen molar-refractivity contribution in [1.82, 2.24) is 0 Å². The van der Waals surface area contributed by atoms with Gasteiger partial charge in [-0.15, -0.1) is 0 Å². The molecule has 1 N–H and O–H groups in total. The van der Waals surface area contributed by atoms with Gasteiger partial charge in [-0.05, 0) is 59.6 Å². The SMILES string of the molecule is Cc1ccc(Br)c(C(=O)Nc2cc(Cl)ccc2C)c1. The first-order valence-corrected chi connectivity index (χ1v) is 6.98. The number of amides is 1. The van der Waals surface area contributed by atoms with E-state index in [1.54, 1.807) is 12.1 Å². The normalized spacial score (nSPS) is 10.3. The summed E-state index contributed by atoms with van der Waals surface area (Å²) in [5.41, 5.74) is 3.35. The van der Waals surface area contributed by atoms with Gasteiger partial charge in [0.2, 0.25) is 0 Å². The molecule has 2 nitrogen and oxygen atoms in total. The summed E-state index contributed by atoms with van der Waals surface area (Å²) in [6, 6.07) is 11.1. The zero-order valence-corrected chi connectivity index (χ0v) is 13.0. The van der Waals surface area contributed by atoms with Crippen LogP contribution in [0, 0.1) is 13.8 Å². The molecule has 0 saturated heterocycles. The van der Waals surface area contributed by atoms with Gasteiger partial charge in [-0.1, -0.05) is 29.3 Å². The molecule has 2 aromatic carbocycles. The van der Waals surface area contributed by atoms with Crippen LogP contribution in [0.1, 0.15) is 21.5 Å². The predicted molar refractivity (Wildman–Crippen MR) is 83.0 cm³/mol. The Labute approximate surface area is 125 Å². The Kier molecular flexibility index (Phi) is 4.27. The fourth-order valence-electron chi connectivity index (χ4n) is 1.73. The molecule has 0 radical (unpaired) electrons. The van der Waals surface area contributed by atoms with Crippen molar-refractivity contribution >= 4 is 39.1 Å². The highest BCUT2D eigenvalue weighted by Crippen LogP contribution is 2.23. The molecule has 2 aromatic rings. The quantitative estimate of drug-likeness (QED) is 0.823. The van der Waals surface area contributed by atoms with E-state index in [-0.39, 0.29) is 5.91 Å². The average molecular weight is 339 g/mol. The maximum absolute atomic E-state index is 12.3. The Morgan fingerprint density at radius 2 is 1.89 bits per heavy atom. The van der Waals surface area contributed by atoms with Gasteiger partial charge in [0.25, 0.3) is 5.91 Å². The molecular weight excluding hydrogens is 326 g/mol. The highest BCUT2D eigenvalue weighted by molar-refractivity contribution is 9.10. The number of rotatable bonds is 2. The molecule has 98 valence electrons. The van der Waals surface area contributed by atoms with Gasteiger partial charge in [-0.3, -0.25) is 4.79 Å². The lowest BCUT2D eigenvalue weighted by molar-refractivity contribution is 0.102. The molecule has 0 atom stereocenters. The van der Waals surface area contributed by atoms with E-state index in [0.717, 1.165) is 21.3 Å². The Morgan fingerprint density at radius 3 is 2.63 bits per heavy atom. The minimum Gasteiger partial charge on any atom is -0.322 e. The van der Waals surface area contributed by atoms with Crippen LogP contribution in [0.5, 0.6) is 0 Å². The number of halogens is 2. The largest absolute Gasteiger partial charge is 0.322 e. The molecule has 0 bridgehead atoms. The molecule has 0 aliphatic rings. The summed E-state index contributed by atoms with van der Waals surface area (Å²) in [5, 5.41) is 3.48. The number of aryl methyl sites for hydroxylation is 2. The summed E-state index contributed by atoms with van der Waals surface area (Å²) < 4.78 is 0.773. The predicted octanol–water partition coefficient (Wildman–Crippen LogP) is 4.97. The van der Waals surface area contributed by atoms with Crippen LogP contribution in [0.4, 0.5) is 5.69 Å². The fraction of sp³-hybridized carbons (Fsp3) is 0.133. The number of benzene rings is 2. The van der Waals surface area contributed by atoms with Gasteiger partial charge in [0.05, 0.1) is 5.56 Å². The summed E-state index contributed by atoms with van der Waals surface area (Å²) in [6.45, 7) is 3.88. The summed E-state index contributed by atoms with van der Waals surface area (Å²) in [7, 11) is 0. The molecule has 2 rings (SSSR count). The molecular formula is C15H13BrClNO. The zero-order chi connectivity index (χ0) is 14.0. The lowest BCUT2D eigenvalue weighted by Gasteiger charge is -2.10. The Hall–Kier alpha value is -1.32. The molecule has 0 fully saturated rings. The van der Waals surface area contributed by atoms with Crippen LogP contribution < -0.4 is 5.32 Å². The minimum absolute atomic E-state index is 0.152. The van der Waals surface area contributed by atoms with Gasteiger partial charge in [-0.25, -0.2) is 0 Å². The van der Waals surface area contributed by atoms with Gasteiger partial charge in [0, 0.05) is 15.2 Å². The van der Waals surface area contributed by atoms with Crippen molar-refractivity contribution < 1.29 is 4.79 Å². The van der Waals surface area contributed by atoms with Crippen molar-refractivity contribution in [3.63, 3.8) is 0 Å². The Bertz CT molecular complexity index is 640. The van der Waals surface area contributed by atoms with E-state index in [4.69, 9.17) is 11.6 Å². The van der Waals surface area contributed by atoms with Crippen molar-refractivity contribution in [3.8, 4) is 0 Å². The minimum atomic E-state index is -0.152. The van der Waals surface area contributed by atoms with Crippen LogP contribution in [-0.2, 0) is 0 Å². The number of anilines is 1. The maximum atomic E-state index is 12.3. The first-order chi connectivity index (χ1) is 8.97. The molecule has 4 heteroatoms. The second-order valence-electron chi connectivity index (χ2n) is 4.40. The smallest absolute Gasteiger partial charge is 0.256 e. The number of hydrogen-bond acceptors (Lipinski definition) is 1. The molecule has 19 heavy (non-hydrogen) atoms. The van der Waals surface area contributed by atoms with Crippen LogP contribution in [0.15, 0.2) is 40.9 Å². The van der Waals surface area contributed by atoms with E-state index >= 15 is 0 Å². The van der Waals surface area contributed by atoms with E-state index in [1.807, 2.05) is 38.1 Å². The first-order valence-electron chi connectivity index (χ1n) is 5.81. The van der Waals surface area contributed by atoms with Crippen LogP contribution in [0.2, 0.25) is 5.02 Å². The van der Waals surface area contributed by atoms with Crippen LogP contribution in [-0.4, -0.2) is 5.91 Å². The molecule has 1 amide bonds. The zero-order valence-electron chi connectivity index (χ0n) is 10.6. The summed E-state index contributed by atoms with van der Waals surface area (Å²) in [6.07, 6.45) is 0. The van der Waals surface area contributed by atoms with Crippen LogP contribution in [0.3, 0.4) is 0 Å². The van der Waals surface area contributed by atoms with Crippen molar-refractivity contribution in [2.45, 2.75) is 13.8 Å². The maximum Gasteiger partial charge on any atom is 0.256 e. The summed E-state index contributed by atoms with van der Waals surface area (Å²) in [5.74, 6) is -0.152. The van der Waals surface area contributed by atoms with Gasteiger partial charge in [0.15, 0.2) is 0 Å². The Morgan fingerprint density at radius 1 is 1.16 bits per heavy atom. The first kappa shape index (κ1) is 14.1. The highest BCUT2D eigenvalue weighted by Gasteiger charge is 2.11. The van der Waals surface area contributed by atoms with Gasteiger partial charge >= 0.3 is 0 Å².